The van der Waals surface area contributed by atoms with Crippen LogP contribution in [-0.4, -0.2) is 19.7 Å². The number of fused-ring (bicyclic) bond motifs is 1. The van der Waals surface area contributed by atoms with Gasteiger partial charge in [-0.2, -0.15) is 9.83 Å². The summed E-state index contributed by atoms with van der Waals surface area (Å²) in [6.07, 6.45) is 2.93. The molecule has 0 atom stereocenters. The minimum atomic E-state index is -0.245. The molecule has 0 spiro atoms. The number of nitrogens with zero attached hydrogens (tertiary/aromatic N) is 3. The van der Waals surface area contributed by atoms with Gasteiger partial charge in [0.2, 0.25) is 0 Å². The first-order valence-electron chi connectivity index (χ1n) is 7.05. The van der Waals surface area contributed by atoms with Crippen molar-refractivity contribution in [2.75, 3.05) is 0 Å². The molecule has 0 amide bonds. The number of rotatable bonds is 2. The van der Waals surface area contributed by atoms with Gasteiger partial charge in [0.25, 0.3) is 0 Å². The zero-order chi connectivity index (χ0) is 16.0. The van der Waals surface area contributed by atoms with Crippen LogP contribution in [0.3, 0.4) is 0 Å². The lowest BCUT2D eigenvalue weighted by Crippen LogP contribution is -2.23. The van der Waals surface area contributed by atoms with Crippen LogP contribution in [0.5, 0.6) is 0 Å². The Balaban J connectivity index is 1.82. The van der Waals surface area contributed by atoms with E-state index in [1.807, 2.05) is 24.3 Å². The molecule has 114 valence electrons. The monoisotopic (exact) mass is 307 g/mol. The predicted molar refractivity (Wildman–Crippen MR) is 85.5 cm³/mol. The Kier molecular flexibility index (Phi) is 2.80. The number of pyridine rings is 1. The first kappa shape index (κ1) is 13.3. The van der Waals surface area contributed by atoms with Crippen LogP contribution in [-0.2, 0) is 7.05 Å². The molecule has 0 unspecified atom stereocenters. The summed E-state index contributed by atoms with van der Waals surface area (Å²) in [5, 5.41) is 18.6. The molecule has 3 aromatic heterocycles. The Bertz CT molecular complexity index is 1060. The normalized spacial score (nSPS) is 11.2. The maximum Gasteiger partial charge on any atom is 0.343 e. The summed E-state index contributed by atoms with van der Waals surface area (Å²) in [5.41, 5.74) is 3.44. The van der Waals surface area contributed by atoms with E-state index >= 15 is 0 Å². The molecule has 0 radical (unpaired) electrons. The molecule has 4 rings (SSSR count). The van der Waals surface area contributed by atoms with E-state index in [2.05, 4.69) is 15.2 Å². The van der Waals surface area contributed by atoms with Gasteiger partial charge in [-0.1, -0.05) is 0 Å². The Morgan fingerprint density at radius 1 is 1.13 bits per heavy atom. The number of hydrogen-bond donors (Lipinski definition) is 2. The summed E-state index contributed by atoms with van der Waals surface area (Å²) < 4.78 is 2.22. The molecular weight excluding hydrogens is 294 g/mol. The van der Waals surface area contributed by atoms with Gasteiger partial charge in [-0.15, -0.1) is 0 Å². The average Bonchev–Trinajstić information content (AvgIpc) is 3.12. The topological polar surface area (TPSA) is 93.4 Å². The minimum Gasteiger partial charge on any atom is -0.619 e. The van der Waals surface area contributed by atoms with E-state index in [1.165, 1.54) is 17.0 Å². The Morgan fingerprint density at radius 3 is 2.61 bits per heavy atom. The summed E-state index contributed by atoms with van der Waals surface area (Å²) in [5.74, 6) is 0.590. The second-order valence-electron chi connectivity index (χ2n) is 5.34. The summed E-state index contributed by atoms with van der Waals surface area (Å²) in [4.78, 5) is 14.8. The first-order valence-corrected chi connectivity index (χ1v) is 7.05. The molecule has 7 nitrogen and oxygen atoms in total. The van der Waals surface area contributed by atoms with Crippen LogP contribution in [0.1, 0.15) is 0 Å². The second kappa shape index (κ2) is 4.84. The van der Waals surface area contributed by atoms with Crippen molar-refractivity contribution in [1.29, 1.82) is 0 Å². The summed E-state index contributed by atoms with van der Waals surface area (Å²) >= 11 is 0. The molecule has 0 bridgehead atoms. The van der Waals surface area contributed by atoms with Gasteiger partial charge in [0.05, 0.1) is 0 Å². The molecule has 0 fully saturated rings. The molecule has 23 heavy (non-hydrogen) atoms. The lowest BCUT2D eigenvalue weighted by atomic mass is 10.1. The number of benzene rings is 1. The lowest BCUT2D eigenvalue weighted by molar-refractivity contribution is -0.605. The highest BCUT2D eigenvalue weighted by atomic mass is 16.5. The van der Waals surface area contributed by atoms with E-state index in [9.17, 15) is 10.0 Å². The quantitative estimate of drug-likeness (QED) is 0.434. The zero-order valence-corrected chi connectivity index (χ0v) is 12.3. The highest BCUT2D eigenvalue weighted by Crippen LogP contribution is 2.27. The molecule has 0 aliphatic heterocycles. The van der Waals surface area contributed by atoms with E-state index in [0.717, 1.165) is 32.5 Å². The predicted octanol–water partition coefficient (Wildman–Crippen LogP) is 1.56. The largest absolute Gasteiger partial charge is 0.619 e. The van der Waals surface area contributed by atoms with E-state index in [1.54, 1.807) is 19.2 Å². The summed E-state index contributed by atoms with van der Waals surface area (Å²) in [6.45, 7) is 0. The Hall–Kier alpha value is -3.35. The Morgan fingerprint density at radius 2 is 1.91 bits per heavy atom. The number of nitrogens with one attached hydrogen (secondary N) is 2. The number of aromatic amines is 2. The van der Waals surface area contributed by atoms with Crippen molar-refractivity contribution >= 4 is 10.9 Å². The van der Waals surface area contributed by atoms with Crippen LogP contribution in [0.15, 0.2) is 53.6 Å². The number of H-pyrrole nitrogens is 2. The maximum absolute atomic E-state index is 11.5. The van der Waals surface area contributed by atoms with Gasteiger partial charge in [-0.25, -0.2) is 9.89 Å². The summed E-state index contributed by atoms with van der Waals surface area (Å²) in [7, 11) is 1.68. The van der Waals surface area contributed by atoms with Gasteiger partial charge in [0.15, 0.2) is 18.2 Å². The van der Waals surface area contributed by atoms with Crippen molar-refractivity contribution in [3.8, 4) is 22.6 Å². The van der Waals surface area contributed by atoms with E-state index in [4.69, 9.17) is 0 Å². The van der Waals surface area contributed by atoms with Crippen LogP contribution in [0, 0.1) is 5.21 Å². The molecule has 3 heterocycles. The van der Waals surface area contributed by atoms with Crippen LogP contribution in [0.25, 0.3) is 33.5 Å². The average molecular weight is 307 g/mol. The fraction of sp³-hybridized carbons (Fsp3) is 0.0625. The fourth-order valence-electron chi connectivity index (χ4n) is 2.62. The van der Waals surface area contributed by atoms with Crippen molar-refractivity contribution in [3.05, 3.63) is 64.5 Å². The molecule has 7 heteroatoms. The van der Waals surface area contributed by atoms with Gasteiger partial charge < -0.3 is 10.2 Å². The minimum absolute atomic E-state index is 0.245. The molecule has 0 aliphatic carbocycles. The lowest BCUT2D eigenvalue weighted by Gasteiger charge is -1.99. The van der Waals surface area contributed by atoms with Crippen molar-refractivity contribution < 1.29 is 4.73 Å². The maximum atomic E-state index is 11.5. The third-order valence-electron chi connectivity index (χ3n) is 3.87. The van der Waals surface area contributed by atoms with Crippen LogP contribution < -0.4 is 10.4 Å². The molecule has 0 saturated heterocycles. The van der Waals surface area contributed by atoms with Gasteiger partial charge >= 0.3 is 5.69 Å². The second-order valence-corrected chi connectivity index (χ2v) is 5.34. The molecule has 1 aromatic carbocycles. The van der Waals surface area contributed by atoms with Crippen LogP contribution in [0.2, 0.25) is 0 Å². The number of hydrogen-bond acceptors (Lipinski definition) is 3. The van der Waals surface area contributed by atoms with Crippen molar-refractivity contribution in [1.82, 2.24) is 19.7 Å². The van der Waals surface area contributed by atoms with Crippen LogP contribution in [0.4, 0.5) is 0 Å². The SMILES string of the molecule is Cn1c(-c2ccc3[nH]c(-c4cc[n+]([O-])cc4)cc3c2)n[nH]c1=O. The van der Waals surface area contributed by atoms with Gasteiger partial charge in [-0.05, 0) is 24.3 Å². The molecule has 0 aliphatic rings. The third kappa shape index (κ3) is 2.18. The van der Waals surface area contributed by atoms with Gasteiger partial charge in [-0.3, -0.25) is 4.57 Å². The summed E-state index contributed by atoms with van der Waals surface area (Å²) in [6, 6.07) is 11.4. The van der Waals surface area contributed by atoms with E-state index in [-0.39, 0.29) is 5.69 Å². The van der Waals surface area contributed by atoms with Gasteiger partial charge in [0.1, 0.15) is 0 Å². The fourth-order valence-corrected chi connectivity index (χ4v) is 2.62. The highest BCUT2D eigenvalue weighted by molar-refractivity contribution is 5.88. The van der Waals surface area contributed by atoms with Crippen molar-refractivity contribution in [2.24, 2.45) is 7.05 Å². The molecule has 2 N–H and O–H groups in total. The molecule has 4 aromatic rings. The Labute approximate surface area is 130 Å². The van der Waals surface area contributed by atoms with Crippen molar-refractivity contribution in [2.45, 2.75) is 0 Å². The zero-order valence-electron chi connectivity index (χ0n) is 12.3. The number of aromatic nitrogens is 5. The molecule has 0 saturated carbocycles. The third-order valence-corrected chi connectivity index (χ3v) is 3.87. The standard InChI is InChI=1S/C16H13N5O2/c1-20-15(18-19-16(20)22)11-2-3-13-12(8-11)9-14(17-13)10-4-6-21(23)7-5-10/h2-9,17H,1H3,(H,19,22). The van der Waals surface area contributed by atoms with Crippen molar-refractivity contribution in [3.63, 3.8) is 0 Å². The van der Waals surface area contributed by atoms with E-state index in [0.29, 0.717) is 5.82 Å². The van der Waals surface area contributed by atoms with E-state index < -0.39 is 0 Å². The van der Waals surface area contributed by atoms with Crippen LogP contribution >= 0.6 is 0 Å². The first-order chi connectivity index (χ1) is 11.1. The molecular formula is C16H13N5O2. The van der Waals surface area contributed by atoms with Gasteiger partial charge in [0, 0.05) is 46.9 Å². The smallest absolute Gasteiger partial charge is 0.343 e. The highest BCUT2D eigenvalue weighted by Gasteiger charge is 2.10.